The van der Waals surface area contributed by atoms with E-state index in [1.54, 1.807) is 0 Å². The van der Waals surface area contributed by atoms with Crippen LogP contribution in [0.3, 0.4) is 0 Å². The summed E-state index contributed by atoms with van der Waals surface area (Å²) in [5, 5.41) is 10.6. The summed E-state index contributed by atoms with van der Waals surface area (Å²) < 4.78 is 68.6. The summed E-state index contributed by atoms with van der Waals surface area (Å²) in [5.41, 5.74) is 0. The van der Waals surface area contributed by atoms with Gasteiger partial charge in [-0.05, 0) is 49.4 Å². The van der Waals surface area contributed by atoms with Crippen LogP contribution >= 0.6 is 15.6 Å². The van der Waals surface area contributed by atoms with Gasteiger partial charge in [0.25, 0.3) is 0 Å². The van der Waals surface area contributed by atoms with Gasteiger partial charge in [0.1, 0.15) is 19.3 Å². The lowest BCUT2D eigenvalue weighted by Crippen LogP contribution is -2.30. The second kappa shape index (κ2) is 67.2. The van der Waals surface area contributed by atoms with E-state index in [-0.39, 0.29) is 25.7 Å². The molecule has 0 aromatic rings. The Balaban J connectivity index is 5.26. The van der Waals surface area contributed by atoms with Gasteiger partial charge in [-0.25, -0.2) is 9.13 Å². The Morgan fingerprint density at radius 2 is 0.495 bits per heavy atom. The summed E-state index contributed by atoms with van der Waals surface area (Å²) in [6.45, 7) is 14.3. The van der Waals surface area contributed by atoms with Crippen LogP contribution in [0.25, 0.3) is 0 Å². The number of aliphatic hydroxyl groups is 1. The zero-order chi connectivity index (χ0) is 71.7. The van der Waals surface area contributed by atoms with Crippen molar-refractivity contribution >= 4 is 39.5 Å². The smallest absolute Gasteiger partial charge is 0.462 e. The number of esters is 4. The van der Waals surface area contributed by atoms with Crippen LogP contribution in [0.4, 0.5) is 0 Å². The highest BCUT2D eigenvalue weighted by molar-refractivity contribution is 7.47. The van der Waals surface area contributed by atoms with Crippen LogP contribution in [-0.2, 0) is 65.4 Å². The molecule has 0 saturated carbocycles. The third kappa shape index (κ3) is 69.5. The molecule has 0 aromatic carbocycles. The van der Waals surface area contributed by atoms with Crippen LogP contribution in [0.15, 0.2) is 0 Å². The first-order valence-electron chi connectivity index (χ1n) is 40.3. The first kappa shape index (κ1) is 95.1. The van der Waals surface area contributed by atoms with Crippen LogP contribution in [0, 0.1) is 23.7 Å². The number of aliphatic hydroxyl groups excluding tert-OH is 1. The number of unbranched alkanes of at least 4 members (excludes halogenated alkanes) is 39. The van der Waals surface area contributed by atoms with E-state index in [0.29, 0.717) is 31.6 Å². The maximum Gasteiger partial charge on any atom is 0.472 e. The standard InChI is InChI=1S/C78H152O17P2/c1-9-70(7)56-48-40-32-24-18-13-11-12-14-20-27-35-44-52-60-77(82)94-73(64-88-75(80)58-50-42-34-26-19-16-15-17-23-30-38-46-54-68(3)4)66-92-96(84,85)90-62-72(79)63-91-97(86,87)93-67-74(65-89-76(81)59-51-43-37-29-31-39-47-55-69(5)6)95-78(83)61-53-45-36-28-22-21-25-33-41-49-57-71(8)10-2/h68-74,79H,9-67H2,1-8H3,(H,84,85)(H,86,87)/t70?,71?,72?,73-,74-/m1/s1. The Hall–Kier alpha value is -1.94. The van der Waals surface area contributed by atoms with Crippen molar-refractivity contribution in [2.75, 3.05) is 39.6 Å². The summed E-state index contributed by atoms with van der Waals surface area (Å²) in [5.74, 6) is 1.02. The van der Waals surface area contributed by atoms with Crippen LogP contribution in [0.2, 0.25) is 0 Å². The predicted molar refractivity (Wildman–Crippen MR) is 395 cm³/mol. The van der Waals surface area contributed by atoms with E-state index in [1.807, 2.05) is 0 Å². The maximum absolute atomic E-state index is 13.1. The minimum atomic E-state index is -4.96. The third-order valence-electron chi connectivity index (χ3n) is 18.8. The lowest BCUT2D eigenvalue weighted by atomic mass is 9.99. The predicted octanol–water partition coefficient (Wildman–Crippen LogP) is 22.8. The zero-order valence-corrected chi connectivity index (χ0v) is 65.5. The molecule has 576 valence electrons. The van der Waals surface area contributed by atoms with Gasteiger partial charge < -0.3 is 33.8 Å². The first-order valence-corrected chi connectivity index (χ1v) is 43.3. The highest BCUT2D eigenvalue weighted by atomic mass is 31.2. The van der Waals surface area contributed by atoms with E-state index in [2.05, 4.69) is 55.4 Å². The van der Waals surface area contributed by atoms with E-state index < -0.39 is 97.5 Å². The first-order chi connectivity index (χ1) is 46.7. The zero-order valence-electron chi connectivity index (χ0n) is 63.7. The number of hydrogen-bond donors (Lipinski definition) is 3. The minimum absolute atomic E-state index is 0.105. The molecule has 0 bridgehead atoms. The second-order valence-corrected chi connectivity index (χ2v) is 32.4. The van der Waals surface area contributed by atoms with Gasteiger partial charge in [-0.2, -0.15) is 0 Å². The molecule has 7 atom stereocenters. The highest BCUT2D eigenvalue weighted by Gasteiger charge is 2.30. The molecule has 3 N–H and O–H groups in total. The van der Waals surface area contributed by atoms with E-state index >= 15 is 0 Å². The van der Waals surface area contributed by atoms with Crippen molar-refractivity contribution in [3.63, 3.8) is 0 Å². The van der Waals surface area contributed by atoms with Crippen molar-refractivity contribution in [3.8, 4) is 0 Å². The number of ether oxygens (including phenoxy) is 4. The maximum atomic E-state index is 13.1. The number of rotatable bonds is 75. The lowest BCUT2D eigenvalue weighted by Gasteiger charge is -2.21. The average molecular weight is 1420 g/mol. The van der Waals surface area contributed by atoms with Gasteiger partial charge in [-0.3, -0.25) is 37.3 Å². The van der Waals surface area contributed by atoms with Crippen LogP contribution in [0.5, 0.6) is 0 Å². The van der Waals surface area contributed by atoms with E-state index in [9.17, 15) is 43.2 Å². The normalized spacial score (nSPS) is 14.6. The highest BCUT2D eigenvalue weighted by Crippen LogP contribution is 2.45. The van der Waals surface area contributed by atoms with E-state index in [1.165, 1.54) is 193 Å². The SMILES string of the molecule is CCC(C)CCCCCCCCCCCCCCCCC(=O)O[C@H](COC(=O)CCCCCCCCCCCCCCC(C)C)COP(=O)(O)OCC(O)COP(=O)(O)OC[C@@H](COC(=O)CCCCCCCCCC(C)C)OC(=O)CCCCCCCCCCCCC(C)CC. The van der Waals surface area contributed by atoms with Gasteiger partial charge in [0.05, 0.1) is 26.4 Å². The van der Waals surface area contributed by atoms with Gasteiger partial charge >= 0.3 is 39.5 Å². The fourth-order valence-electron chi connectivity index (χ4n) is 11.8. The summed E-state index contributed by atoms with van der Waals surface area (Å²) in [6, 6.07) is 0. The molecule has 97 heavy (non-hydrogen) atoms. The average Bonchev–Trinajstić information content (AvgIpc) is 1.17. The van der Waals surface area contributed by atoms with Crippen molar-refractivity contribution in [1.82, 2.24) is 0 Å². The number of phosphoric ester groups is 2. The Morgan fingerprint density at radius 3 is 0.732 bits per heavy atom. The van der Waals surface area contributed by atoms with Crippen molar-refractivity contribution in [2.24, 2.45) is 23.7 Å². The summed E-state index contributed by atoms with van der Waals surface area (Å²) >= 11 is 0. The van der Waals surface area contributed by atoms with E-state index in [0.717, 1.165) is 114 Å². The quantitative estimate of drug-likeness (QED) is 0.0222. The van der Waals surface area contributed by atoms with Gasteiger partial charge in [-0.15, -0.1) is 0 Å². The summed E-state index contributed by atoms with van der Waals surface area (Å²) in [7, 11) is -9.92. The molecule has 19 heteroatoms. The molecule has 0 heterocycles. The molecule has 5 unspecified atom stereocenters. The fraction of sp³-hybridized carbons (Fsp3) is 0.949. The molecular formula is C78H152O17P2. The van der Waals surface area contributed by atoms with Gasteiger partial charge in [0.2, 0.25) is 0 Å². The summed E-state index contributed by atoms with van der Waals surface area (Å²) in [6.07, 6.45) is 52.6. The minimum Gasteiger partial charge on any atom is -0.462 e. The second-order valence-electron chi connectivity index (χ2n) is 29.5. The van der Waals surface area contributed by atoms with E-state index in [4.69, 9.17) is 37.0 Å². The monoisotopic (exact) mass is 1420 g/mol. The van der Waals surface area contributed by atoms with Crippen molar-refractivity contribution < 1.29 is 80.2 Å². The fourth-order valence-corrected chi connectivity index (χ4v) is 13.4. The third-order valence-corrected chi connectivity index (χ3v) is 20.7. The molecule has 0 rings (SSSR count). The Labute approximate surface area is 594 Å². The molecule has 0 amide bonds. The van der Waals surface area contributed by atoms with Gasteiger partial charge in [0.15, 0.2) is 12.2 Å². The van der Waals surface area contributed by atoms with Crippen LogP contribution in [0.1, 0.15) is 396 Å². The van der Waals surface area contributed by atoms with Crippen molar-refractivity contribution in [1.29, 1.82) is 0 Å². The molecule has 0 aromatic heterocycles. The molecule has 0 aliphatic heterocycles. The Bertz CT molecular complexity index is 1910. The molecule has 0 spiro atoms. The van der Waals surface area contributed by atoms with Crippen molar-refractivity contribution in [3.05, 3.63) is 0 Å². The molecule has 17 nitrogen and oxygen atoms in total. The number of phosphoric acid groups is 2. The Morgan fingerprint density at radius 1 is 0.289 bits per heavy atom. The Kier molecular flexibility index (Phi) is 65.9. The van der Waals surface area contributed by atoms with Crippen molar-refractivity contribution in [2.45, 2.75) is 414 Å². The number of carbonyl (C=O) groups is 4. The van der Waals surface area contributed by atoms with Crippen LogP contribution in [-0.4, -0.2) is 96.7 Å². The number of carbonyl (C=O) groups excluding carboxylic acids is 4. The van der Waals surface area contributed by atoms with Gasteiger partial charge in [0, 0.05) is 25.7 Å². The number of hydrogen-bond acceptors (Lipinski definition) is 15. The topological polar surface area (TPSA) is 237 Å². The van der Waals surface area contributed by atoms with Gasteiger partial charge in [-0.1, -0.05) is 344 Å². The molecule has 0 fully saturated rings. The molecule has 0 aliphatic carbocycles. The van der Waals surface area contributed by atoms with Crippen LogP contribution < -0.4 is 0 Å². The molecular weight excluding hydrogens is 1270 g/mol. The molecule has 0 radical (unpaired) electrons. The largest absolute Gasteiger partial charge is 0.472 e. The summed E-state index contributed by atoms with van der Waals surface area (Å²) in [4.78, 5) is 72.9. The molecule has 0 aliphatic rings. The molecule has 0 saturated heterocycles. The lowest BCUT2D eigenvalue weighted by molar-refractivity contribution is -0.161.